The first-order valence-corrected chi connectivity index (χ1v) is 7.31. The lowest BCUT2D eigenvalue weighted by Gasteiger charge is -2.33. The molecule has 1 saturated heterocycles. The third-order valence-electron chi connectivity index (χ3n) is 4.16. The summed E-state index contributed by atoms with van der Waals surface area (Å²) in [6.45, 7) is 2.71. The van der Waals surface area contributed by atoms with E-state index in [2.05, 4.69) is 28.3 Å². The Balaban J connectivity index is 1.70. The lowest BCUT2D eigenvalue weighted by atomic mass is 10.1. The van der Waals surface area contributed by atoms with Crippen molar-refractivity contribution in [2.24, 2.45) is 0 Å². The maximum absolute atomic E-state index is 5.45. The highest BCUT2D eigenvalue weighted by atomic mass is 16.5. The number of nitrogens with zero attached hydrogens (tertiary/aromatic N) is 2. The summed E-state index contributed by atoms with van der Waals surface area (Å²) in [4.78, 5) is 6.69. The highest BCUT2D eigenvalue weighted by Gasteiger charge is 2.23. The molecule has 1 aliphatic carbocycles. The summed E-state index contributed by atoms with van der Waals surface area (Å²) >= 11 is 0. The second kappa shape index (κ2) is 5.88. The fourth-order valence-corrected chi connectivity index (χ4v) is 2.69. The number of nitrogens with one attached hydrogen (secondary N) is 1. The molecule has 1 aromatic heterocycles. The van der Waals surface area contributed by atoms with Gasteiger partial charge in [-0.3, -0.25) is 4.98 Å². The van der Waals surface area contributed by atoms with Crippen molar-refractivity contribution >= 4 is 5.69 Å². The summed E-state index contributed by atoms with van der Waals surface area (Å²) in [5.74, 6) is 0. The molecule has 0 aromatic carbocycles. The zero-order chi connectivity index (χ0) is 13.1. The SMILES string of the molecule is CN(c1cnccc1CNC1CC1)C1CCOCC1. The zero-order valence-corrected chi connectivity index (χ0v) is 11.6. The normalized spacial score (nSPS) is 20.5. The molecule has 2 fully saturated rings. The standard InChI is InChI=1S/C15H23N3O/c1-18(14-5-8-19-9-6-14)15-11-16-7-4-12(15)10-17-13-2-3-13/h4,7,11,13-14,17H,2-3,5-6,8-10H2,1H3. The second-order valence-electron chi connectivity index (χ2n) is 5.61. The van der Waals surface area contributed by atoms with Crippen LogP contribution in [0.15, 0.2) is 18.5 Å². The molecular formula is C15H23N3O. The van der Waals surface area contributed by atoms with Crippen molar-refractivity contribution in [1.82, 2.24) is 10.3 Å². The lowest BCUT2D eigenvalue weighted by molar-refractivity contribution is 0.0854. The topological polar surface area (TPSA) is 37.4 Å². The van der Waals surface area contributed by atoms with Gasteiger partial charge in [0.2, 0.25) is 0 Å². The highest BCUT2D eigenvalue weighted by Crippen LogP contribution is 2.25. The van der Waals surface area contributed by atoms with Crippen LogP contribution in [0.5, 0.6) is 0 Å². The van der Waals surface area contributed by atoms with Crippen molar-refractivity contribution in [2.45, 2.75) is 44.3 Å². The monoisotopic (exact) mass is 261 g/mol. The van der Waals surface area contributed by atoms with Crippen LogP contribution in [0.3, 0.4) is 0 Å². The first kappa shape index (κ1) is 12.9. The molecule has 1 aromatic rings. The van der Waals surface area contributed by atoms with E-state index in [4.69, 9.17) is 4.74 Å². The molecule has 0 bridgehead atoms. The summed E-state index contributed by atoms with van der Waals surface area (Å²) in [5, 5.41) is 3.59. The average molecular weight is 261 g/mol. The van der Waals surface area contributed by atoms with Gasteiger partial charge in [0.25, 0.3) is 0 Å². The Morgan fingerprint density at radius 3 is 2.84 bits per heavy atom. The Morgan fingerprint density at radius 1 is 1.32 bits per heavy atom. The molecule has 104 valence electrons. The van der Waals surface area contributed by atoms with E-state index < -0.39 is 0 Å². The van der Waals surface area contributed by atoms with Crippen molar-refractivity contribution in [3.63, 3.8) is 0 Å². The van der Waals surface area contributed by atoms with Crippen LogP contribution < -0.4 is 10.2 Å². The number of hydrogen-bond donors (Lipinski definition) is 1. The molecule has 0 spiro atoms. The van der Waals surface area contributed by atoms with E-state index in [-0.39, 0.29) is 0 Å². The molecule has 4 heteroatoms. The van der Waals surface area contributed by atoms with E-state index >= 15 is 0 Å². The summed E-state index contributed by atoms with van der Waals surface area (Å²) in [7, 11) is 2.19. The predicted molar refractivity (Wildman–Crippen MR) is 76.3 cm³/mol. The van der Waals surface area contributed by atoms with Gasteiger partial charge in [-0.25, -0.2) is 0 Å². The molecule has 4 nitrogen and oxygen atoms in total. The van der Waals surface area contributed by atoms with Crippen LogP contribution in [0.1, 0.15) is 31.2 Å². The summed E-state index contributed by atoms with van der Waals surface area (Å²) in [6.07, 6.45) is 8.78. The molecule has 3 rings (SSSR count). The fourth-order valence-electron chi connectivity index (χ4n) is 2.69. The number of anilines is 1. The molecule has 2 heterocycles. The van der Waals surface area contributed by atoms with Crippen LogP contribution in [0, 0.1) is 0 Å². The van der Waals surface area contributed by atoms with Crippen LogP contribution in [0.4, 0.5) is 5.69 Å². The first-order valence-electron chi connectivity index (χ1n) is 7.31. The summed E-state index contributed by atoms with van der Waals surface area (Å²) in [5.41, 5.74) is 2.62. The van der Waals surface area contributed by atoms with E-state index in [1.165, 1.54) is 24.1 Å². The van der Waals surface area contributed by atoms with Gasteiger partial charge < -0.3 is 15.0 Å². The van der Waals surface area contributed by atoms with Crippen LogP contribution in [-0.4, -0.2) is 37.3 Å². The van der Waals surface area contributed by atoms with E-state index in [9.17, 15) is 0 Å². The van der Waals surface area contributed by atoms with Gasteiger partial charge in [-0.2, -0.15) is 0 Å². The minimum atomic E-state index is 0.581. The Kier molecular flexibility index (Phi) is 3.99. The number of ether oxygens (including phenoxy) is 1. The molecule has 1 N–H and O–H groups in total. The highest BCUT2D eigenvalue weighted by molar-refractivity contribution is 5.52. The van der Waals surface area contributed by atoms with Gasteiger partial charge in [0.15, 0.2) is 0 Å². The number of pyridine rings is 1. The van der Waals surface area contributed by atoms with Crippen LogP contribution in [0.25, 0.3) is 0 Å². The molecule has 0 amide bonds. The molecule has 2 aliphatic rings. The first-order chi connectivity index (χ1) is 9.34. The van der Waals surface area contributed by atoms with Crippen LogP contribution in [-0.2, 0) is 11.3 Å². The Hall–Kier alpha value is -1.13. The van der Waals surface area contributed by atoms with Crippen molar-refractivity contribution in [1.29, 1.82) is 0 Å². The van der Waals surface area contributed by atoms with Crippen molar-refractivity contribution in [3.05, 3.63) is 24.0 Å². The smallest absolute Gasteiger partial charge is 0.0598 e. The van der Waals surface area contributed by atoms with Crippen LogP contribution >= 0.6 is 0 Å². The Morgan fingerprint density at radius 2 is 2.11 bits per heavy atom. The van der Waals surface area contributed by atoms with Gasteiger partial charge >= 0.3 is 0 Å². The molecule has 19 heavy (non-hydrogen) atoms. The Labute approximate surface area is 115 Å². The van der Waals surface area contributed by atoms with Crippen LogP contribution in [0.2, 0.25) is 0 Å². The van der Waals surface area contributed by atoms with E-state index in [0.717, 1.165) is 38.6 Å². The minimum absolute atomic E-state index is 0.581. The van der Waals surface area contributed by atoms with Gasteiger partial charge in [-0.1, -0.05) is 0 Å². The van der Waals surface area contributed by atoms with Gasteiger partial charge in [-0.15, -0.1) is 0 Å². The number of aromatic nitrogens is 1. The summed E-state index contributed by atoms with van der Waals surface area (Å²) in [6, 6.07) is 3.47. The number of rotatable bonds is 5. The maximum atomic E-state index is 5.45. The van der Waals surface area contributed by atoms with E-state index in [1.54, 1.807) is 0 Å². The molecule has 0 unspecified atom stereocenters. The molecule has 1 saturated carbocycles. The summed E-state index contributed by atoms with van der Waals surface area (Å²) < 4.78 is 5.45. The molecular weight excluding hydrogens is 238 g/mol. The average Bonchev–Trinajstić information content (AvgIpc) is 3.30. The van der Waals surface area contributed by atoms with Crippen molar-refractivity contribution in [3.8, 4) is 0 Å². The minimum Gasteiger partial charge on any atom is -0.381 e. The largest absolute Gasteiger partial charge is 0.381 e. The Bertz CT molecular complexity index is 414. The molecule has 0 radical (unpaired) electrons. The third kappa shape index (κ3) is 3.25. The van der Waals surface area contributed by atoms with Gasteiger partial charge in [0.1, 0.15) is 0 Å². The van der Waals surface area contributed by atoms with E-state index in [0.29, 0.717) is 6.04 Å². The number of hydrogen-bond acceptors (Lipinski definition) is 4. The predicted octanol–water partition coefficient (Wildman–Crippen LogP) is 1.95. The fraction of sp³-hybridized carbons (Fsp3) is 0.667. The van der Waals surface area contributed by atoms with Crippen molar-refractivity contribution < 1.29 is 4.74 Å². The third-order valence-corrected chi connectivity index (χ3v) is 4.16. The molecule has 0 atom stereocenters. The lowest BCUT2D eigenvalue weighted by Crippen LogP contribution is -2.37. The second-order valence-corrected chi connectivity index (χ2v) is 5.61. The maximum Gasteiger partial charge on any atom is 0.0598 e. The zero-order valence-electron chi connectivity index (χ0n) is 11.6. The van der Waals surface area contributed by atoms with Gasteiger partial charge in [0.05, 0.1) is 11.9 Å². The van der Waals surface area contributed by atoms with E-state index in [1.807, 2.05) is 12.4 Å². The van der Waals surface area contributed by atoms with Gasteiger partial charge in [-0.05, 0) is 37.3 Å². The molecule has 1 aliphatic heterocycles. The van der Waals surface area contributed by atoms with Crippen molar-refractivity contribution in [2.75, 3.05) is 25.2 Å². The quantitative estimate of drug-likeness (QED) is 0.879. The van der Waals surface area contributed by atoms with Gasteiger partial charge in [0, 0.05) is 45.1 Å².